The molecule has 0 fully saturated rings. The molecule has 0 radical (unpaired) electrons. The molecule has 0 saturated carbocycles. The van der Waals surface area contributed by atoms with E-state index >= 15 is 0 Å². The third-order valence-electron chi connectivity index (χ3n) is 1.40. The van der Waals surface area contributed by atoms with Crippen LogP contribution in [0.5, 0.6) is 0 Å². The van der Waals surface area contributed by atoms with Gasteiger partial charge in [0.2, 0.25) is 0 Å². The molecule has 0 saturated heterocycles. The minimum Gasteiger partial charge on any atom is -0.664 e. The number of para-hydroxylation sites is 1. The van der Waals surface area contributed by atoms with E-state index in [2.05, 4.69) is 18.0 Å². The van der Waals surface area contributed by atoms with Crippen molar-refractivity contribution in [3.8, 4) is 0 Å². The Morgan fingerprint density at radius 2 is 1.75 bits per heavy atom. The summed E-state index contributed by atoms with van der Waals surface area (Å²) in [6.45, 7) is 5.00. The monoisotopic (exact) mass is 209 g/mol. The minimum atomic E-state index is 0. The molecular formula is C10H11NZn. The molecule has 1 heterocycles. The third-order valence-corrected chi connectivity index (χ3v) is 1.40. The van der Waals surface area contributed by atoms with Crippen molar-refractivity contribution in [3.63, 3.8) is 0 Å². The number of aromatic nitrogens is 1. The van der Waals surface area contributed by atoms with Gasteiger partial charge in [0.05, 0.1) is 0 Å². The fourth-order valence-corrected chi connectivity index (χ4v) is 0.944. The van der Waals surface area contributed by atoms with Crippen LogP contribution >= 0.6 is 0 Å². The van der Waals surface area contributed by atoms with Crippen molar-refractivity contribution >= 4 is 10.9 Å². The summed E-state index contributed by atoms with van der Waals surface area (Å²) in [7, 11) is 0. The summed E-state index contributed by atoms with van der Waals surface area (Å²) in [5.74, 6) is 0. The molecule has 12 heavy (non-hydrogen) atoms. The maximum absolute atomic E-state index is 4.12. The van der Waals surface area contributed by atoms with Crippen LogP contribution in [0.2, 0.25) is 0 Å². The van der Waals surface area contributed by atoms with Gasteiger partial charge in [-0.1, -0.05) is 30.3 Å². The number of hydrogen-bond donors (Lipinski definition) is 0. The Morgan fingerprint density at radius 1 is 1.08 bits per heavy atom. The Hall–Kier alpha value is -0.617. The number of nitrogens with zero attached hydrogens (tertiary/aromatic N) is 1. The molecule has 1 aromatic carbocycles. The molecule has 0 spiro atoms. The first-order valence-corrected chi connectivity index (χ1v) is 3.64. The largest absolute Gasteiger partial charge is 2.00 e. The van der Waals surface area contributed by atoms with E-state index in [0.717, 1.165) is 5.52 Å². The Kier molecular flexibility index (Phi) is 5.66. The SMILES string of the molecule is [CH2-]C.[Zn+2].c1ccc2[n-]ccc2c1. The van der Waals surface area contributed by atoms with E-state index < -0.39 is 0 Å². The maximum atomic E-state index is 4.12. The average molecular weight is 211 g/mol. The Morgan fingerprint density at radius 3 is 2.42 bits per heavy atom. The predicted molar refractivity (Wildman–Crippen MR) is 48.3 cm³/mol. The van der Waals surface area contributed by atoms with Gasteiger partial charge in [-0.2, -0.15) is 13.1 Å². The Bertz CT molecular complexity index is 284. The van der Waals surface area contributed by atoms with Crippen molar-refractivity contribution in [2.45, 2.75) is 6.92 Å². The van der Waals surface area contributed by atoms with E-state index in [1.807, 2.05) is 30.5 Å². The van der Waals surface area contributed by atoms with Crippen molar-refractivity contribution in [1.82, 2.24) is 4.98 Å². The molecule has 2 aromatic rings. The van der Waals surface area contributed by atoms with Crippen LogP contribution in [0.3, 0.4) is 0 Å². The van der Waals surface area contributed by atoms with Crippen LogP contribution < -0.4 is 4.98 Å². The summed E-state index contributed by atoms with van der Waals surface area (Å²) in [6.07, 6.45) is 1.82. The number of hydrogen-bond acceptors (Lipinski definition) is 0. The Labute approximate surface area is 85.9 Å². The van der Waals surface area contributed by atoms with E-state index in [-0.39, 0.29) is 19.5 Å². The molecule has 1 aromatic heterocycles. The zero-order valence-electron chi connectivity index (χ0n) is 7.33. The van der Waals surface area contributed by atoms with Crippen LogP contribution in [-0.2, 0) is 19.5 Å². The molecule has 0 unspecified atom stereocenters. The second-order valence-electron chi connectivity index (χ2n) is 2.00. The first-order valence-electron chi connectivity index (χ1n) is 3.64. The van der Waals surface area contributed by atoms with Gasteiger partial charge in [-0.25, -0.2) is 0 Å². The molecule has 2 heteroatoms. The average Bonchev–Trinajstić information content (AvgIpc) is 2.55. The van der Waals surface area contributed by atoms with Crippen molar-refractivity contribution in [1.29, 1.82) is 0 Å². The van der Waals surface area contributed by atoms with Gasteiger partial charge in [0, 0.05) is 0 Å². The van der Waals surface area contributed by atoms with Crippen LogP contribution in [-0.4, -0.2) is 0 Å². The van der Waals surface area contributed by atoms with E-state index in [1.165, 1.54) is 5.39 Å². The van der Waals surface area contributed by atoms with Crippen LogP contribution in [0.4, 0.5) is 0 Å². The van der Waals surface area contributed by atoms with Crippen LogP contribution in [0.1, 0.15) is 6.92 Å². The summed E-state index contributed by atoms with van der Waals surface area (Å²) >= 11 is 0. The van der Waals surface area contributed by atoms with Crippen molar-refractivity contribution in [2.75, 3.05) is 0 Å². The smallest absolute Gasteiger partial charge is 0.664 e. The zero-order valence-corrected chi connectivity index (χ0v) is 10.3. The molecule has 2 rings (SSSR count). The van der Waals surface area contributed by atoms with Crippen molar-refractivity contribution < 1.29 is 19.5 Å². The van der Waals surface area contributed by atoms with Gasteiger partial charge in [0.25, 0.3) is 0 Å². The summed E-state index contributed by atoms with van der Waals surface area (Å²) in [4.78, 5) is 4.12. The minimum absolute atomic E-state index is 0. The second-order valence-corrected chi connectivity index (χ2v) is 2.00. The molecular weight excluding hydrogens is 200 g/mol. The zero-order chi connectivity index (χ0) is 8.10. The first kappa shape index (κ1) is 11.4. The van der Waals surface area contributed by atoms with E-state index in [0.29, 0.717) is 0 Å². The summed E-state index contributed by atoms with van der Waals surface area (Å²) in [6, 6.07) is 10.1. The van der Waals surface area contributed by atoms with Gasteiger partial charge in [-0.3, -0.25) is 0 Å². The van der Waals surface area contributed by atoms with Gasteiger partial charge in [0.15, 0.2) is 0 Å². The fraction of sp³-hybridized carbons (Fsp3) is 0.100. The van der Waals surface area contributed by atoms with Crippen LogP contribution in [0.25, 0.3) is 10.9 Å². The van der Waals surface area contributed by atoms with Gasteiger partial charge >= 0.3 is 19.5 Å². The van der Waals surface area contributed by atoms with Crippen LogP contribution in [0, 0.1) is 6.92 Å². The predicted octanol–water partition coefficient (Wildman–Crippen LogP) is 2.63. The van der Waals surface area contributed by atoms with Crippen molar-refractivity contribution in [2.24, 2.45) is 0 Å². The van der Waals surface area contributed by atoms with Gasteiger partial charge in [0.1, 0.15) is 0 Å². The normalized spacial score (nSPS) is 8.17. The maximum Gasteiger partial charge on any atom is 2.00 e. The second kappa shape index (κ2) is 5.96. The van der Waals surface area contributed by atoms with E-state index in [4.69, 9.17) is 0 Å². The molecule has 0 atom stereocenters. The molecule has 58 valence electrons. The summed E-state index contributed by atoms with van der Waals surface area (Å²) < 4.78 is 0. The number of fused-ring (bicyclic) bond motifs is 1. The van der Waals surface area contributed by atoms with Gasteiger partial charge in [-0.05, 0) is 5.39 Å². The molecule has 0 aliphatic rings. The molecule has 0 amide bonds. The van der Waals surface area contributed by atoms with E-state index in [9.17, 15) is 0 Å². The van der Waals surface area contributed by atoms with E-state index in [1.54, 1.807) is 6.92 Å². The standard InChI is InChI=1S/C8H6N.C2H5.Zn/c1-2-4-8-7(3-1)5-6-9-8;1-2;/h1-6H;1H2,2H3;/q2*-1;+2. The third kappa shape index (κ3) is 2.46. The van der Waals surface area contributed by atoms with Crippen LogP contribution in [0.15, 0.2) is 36.5 Å². The first-order chi connectivity index (χ1) is 5.47. The summed E-state index contributed by atoms with van der Waals surface area (Å²) in [5, 5.41) is 1.22. The van der Waals surface area contributed by atoms with Crippen molar-refractivity contribution in [3.05, 3.63) is 43.5 Å². The molecule has 1 nitrogen and oxygen atoms in total. The topological polar surface area (TPSA) is 14.1 Å². The molecule has 0 aliphatic heterocycles. The summed E-state index contributed by atoms with van der Waals surface area (Å²) in [5.41, 5.74) is 1.08. The quantitative estimate of drug-likeness (QED) is 0.482. The van der Waals surface area contributed by atoms with Gasteiger partial charge in [-0.15, -0.1) is 5.52 Å². The molecule has 0 bridgehead atoms. The van der Waals surface area contributed by atoms with Gasteiger partial charge < -0.3 is 11.9 Å². The molecule has 0 N–H and O–H groups in total. The number of benzene rings is 1. The molecule has 0 aliphatic carbocycles. The number of rotatable bonds is 0. The fourth-order valence-electron chi connectivity index (χ4n) is 0.944. The Balaban J connectivity index is 0.000000378.